The van der Waals surface area contributed by atoms with Gasteiger partial charge in [-0.1, -0.05) is 53.8 Å². The van der Waals surface area contributed by atoms with Gasteiger partial charge in [0.15, 0.2) is 11.6 Å². The molecule has 55 heavy (non-hydrogen) atoms. The zero-order chi connectivity index (χ0) is 37.7. The topological polar surface area (TPSA) is 128 Å². The molecule has 2 N–H and O–H groups in total. The highest BCUT2D eigenvalue weighted by atomic mass is 35.5. The molecule has 2 aliphatic carbocycles. The van der Waals surface area contributed by atoms with Crippen molar-refractivity contribution in [2.24, 2.45) is 35.5 Å². The van der Waals surface area contributed by atoms with Gasteiger partial charge < -0.3 is 20.1 Å². The van der Waals surface area contributed by atoms with E-state index in [0.29, 0.717) is 35.0 Å². The normalized spacial score (nSPS) is 32.4. The van der Waals surface area contributed by atoms with Crippen LogP contribution < -0.4 is 10.6 Å². The molecule has 2 saturated carbocycles. The molecular weight excluding hydrogens is 810 g/mol. The second-order valence-electron chi connectivity index (χ2n) is 14.3. The van der Waals surface area contributed by atoms with Crippen molar-refractivity contribution in [1.29, 1.82) is 0 Å². The summed E-state index contributed by atoms with van der Waals surface area (Å²) in [4.78, 5) is 40.5. The number of nitrogens with one attached hydrogen (secondary N) is 2. The fourth-order valence-electron chi connectivity index (χ4n) is 9.14. The van der Waals surface area contributed by atoms with Gasteiger partial charge in [-0.15, -0.1) is 0 Å². The van der Waals surface area contributed by atoms with Gasteiger partial charge in [-0.3, -0.25) is 9.59 Å². The molecule has 4 saturated heterocycles. The van der Waals surface area contributed by atoms with E-state index >= 15 is 0 Å². The van der Waals surface area contributed by atoms with Crippen LogP contribution in [0, 0.1) is 59.0 Å². The third-order valence-electron chi connectivity index (χ3n) is 11.5. The number of amides is 2. The molecule has 288 valence electrons. The number of carbonyl (C=O) groups is 2. The monoisotopic (exact) mass is 838 g/mol. The summed E-state index contributed by atoms with van der Waals surface area (Å²) in [7, 11) is 0. The van der Waals surface area contributed by atoms with Crippen LogP contribution >= 0.6 is 46.4 Å². The minimum absolute atomic E-state index is 0. The Balaban J connectivity index is 0.000000153. The van der Waals surface area contributed by atoms with Crippen LogP contribution in [0.15, 0.2) is 49.1 Å². The molecule has 0 spiro atoms. The molecule has 10 rings (SSSR count). The summed E-state index contributed by atoms with van der Waals surface area (Å²) in [6.45, 7) is 0. The van der Waals surface area contributed by atoms with Crippen LogP contribution in [0.2, 0.25) is 20.4 Å². The van der Waals surface area contributed by atoms with Crippen molar-refractivity contribution < 1.29 is 36.6 Å². The summed E-state index contributed by atoms with van der Waals surface area (Å²) in [6.07, 6.45) is 5.89. The van der Waals surface area contributed by atoms with E-state index in [2.05, 4.69) is 30.6 Å². The molecule has 0 radical (unpaired) electrons. The Kier molecular flexibility index (Phi) is 9.99. The fourth-order valence-corrected chi connectivity index (χ4v) is 9.68. The molecule has 4 bridgehead atoms. The van der Waals surface area contributed by atoms with Crippen LogP contribution in [0.3, 0.4) is 0 Å². The molecule has 0 aromatic carbocycles. The number of hydrogen-bond donors (Lipinski definition) is 2. The number of pyridine rings is 4. The summed E-state index contributed by atoms with van der Waals surface area (Å²) in [5.74, 6) is -6.28. The third-order valence-corrected chi connectivity index (χ3v) is 12.9. The van der Waals surface area contributed by atoms with Crippen LogP contribution in [0.25, 0.3) is 0 Å². The molecule has 0 unspecified atom stereocenters. The van der Waals surface area contributed by atoms with Gasteiger partial charge in [0.05, 0.1) is 70.1 Å². The number of ether oxygens (including phenoxy) is 2. The van der Waals surface area contributed by atoms with Crippen molar-refractivity contribution in [3.63, 3.8) is 0 Å². The zero-order valence-corrected chi connectivity index (χ0v) is 30.4. The SMILES string of the molecule is C.O=C(Nc1cnc(Cl)c(Cl)c1)[C@@H]1[C@H]2O[C@H]([C@@H]3C[C@@H]32)[C@H]1c1ccnc(F)c1F.O=C(Nc1cnc(Cl)c(Cl)c1)[C@H]1[C@@H]2O[C@@H]([C@H]3C[C@H]32)[C@@H]1c1ccnc(F)c1F. The first kappa shape index (κ1) is 38.2. The first-order valence-electron chi connectivity index (χ1n) is 17.1. The van der Waals surface area contributed by atoms with Crippen molar-refractivity contribution in [2.75, 3.05) is 10.6 Å². The van der Waals surface area contributed by atoms with Crippen molar-refractivity contribution >= 4 is 69.6 Å². The van der Waals surface area contributed by atoms with Crippen LogP contribution in [-0.2, 0) is 19.1 Å². The third kappa shape index (κ3) is 6.52. The van der Waals surface area contributed by atoms with Crippen molar-refractivity contribution in [1.82, 2.24) is 19.9 Å². The predicted molar refractivity (Wildman–Crippen MR) is 194 cm³/mol. The smallest absolute Gasteiger partial charge is 0.249 e. The minimum Gasteiger partial charge on any atom is -0.373 e. The van der Waals surface area contributed by atoms with Crippen molar-refractivity contribution in [3.8, 4) is 0 Å². The molecule has 4 aliphatic heterocycles. The standard InChI is InChI=1S/2C18H13Cl2F2N3O2.CH4/c2*19-10-3-6(5-24-16(10)20)25-18(26)12-11(7-1-2-23-17(22)13(7)21)14-8-4-9(8)15(12)27-14;/h2*1-3,5,8-9,11-12,14-15H,4H2,(H,25,26);1H4/t2*8-,9+,11+,12+,14-,15+;/m10./s1. The summed E-state index contributed by atoms with van der Waals surface area (Å²) in [5.41, 5.74) is 1.02. The van der Waals surface area contributed by atoms with E-state index in [1.165, 1.54) is 49.1 Å². The van der Waals surface area contributed by atoms with E-state index in [1.807, 2.05) is 0 Å². The fraction of sp³-hybridized carbons (Fsp3) is 0.405. The van der Waals surface area contributed by atoms with Crippen LogP contribution in [0.1, 0.15) is 43.2 Å². The number of halogens is 8. The molecular formula is C37H30Cl4F4N6O4. The molecule has 18 heteroatoms. The van der Waals surface area contributed by atoms with Crippen molar-refractivity contribution in [3.05, 3.63) is 104 Å². The van der Waals surface area contributed by atoms with Crippen LogP contribution in [0.5, 0.6) is 0 Å². The quantitative estimate of drug-likeness (QED) is 0.147. The van der Waals surface area contributed by atoms with E-state index in [9.17, 15) is 27.2 Å². The van der Waals surface area contributed by atoms with E-state index in [0.717, 1.165) is 12.8 Å². The summed E-state index contributed by atoms with van der Waals surface area (Å²) >= 11 is 23.5. The van der Waals surface area contributed by atoms with Gasteiger partial charge in [0.2, 0.25) is 23.7 Å². The van der Waals surface area contributed by atoms with E-state index in [1.54, 1.807) is 0 Å². The van der Waals surface area contributed by atoms with Gasteiger partial charge in [0.25, 0.3) is 0 Å². The number of nitrogens with zero attached hydrogens (tertiary/aromatic N) is 4. The second kappa shape index (κ2) is 14.4. The number of fused-ring (bicyclic) bond motifs is 10. The Labute approximate surface area is 331 Å². The lowest BCUT2D eigenvalue weighted by molar-refractivity contribution is -0.122. The van der Waals surface area contributed by atoms with Gasteiger partial charge in [-0.2, -0.15) is 8.78 Å². The Morgan fingerprint density at radius 1 is 0.618 bits per heavy atom. The van der Waals surface area contributed by atoms with Gasteiger partial charge in [-0.05, 0) is 60.8 Å². The zero-order valence-electron chi connectivity index (χ0n) is 27.4. The van der Waals surface area contributed by atoms with Crippen molar-refractivity contribution in [2.45, 2.75) is 56.5 Å². The largest absolute Gasteiger partial charge is 0.373 e. The highest BCUT2D eigenvalue weighted by Gasteiger charge is 2.70. The number of anilines is 2. The molecule has 10 nitrogen and oxygen atoms in total. The van der Waals surface area contributed by atoms with Gasteiger partial charge in [0.1, 0.15) is 10.3 Å². The molecule has 12 atom stereocenters. The first-order valence-corrected chi connectivity index (χ1v) is 18.6. The van der Waals surface area contributed by atoms with E-state index in [4.69, 9.17) is 55.9 Å². The first-order chi connectivity index (χ1) is 25.9. The number of aromatic nitrogens is 4. The highest BCUT2D eigenvalue weighted by molar-refractivity contribution is 6.41. The Morgan fingerprint density at radius 2 is 1.00 bits per heavy atom. The summed E-state index contributed by atoms with van der Waals surface area (Å²) in [6, 6.07) is 5.83. The lowest BCUT2D eigenvalue weighted by Crippen LogP contribution is -2.37. The number of hydrogen-bond acceptors (Lipinski definition) is 8. The molecule has 6 fully saturated rings. The maximum Gasteiger partial charge on any atom is 0.249 e. The Hall–Kier alpha value is -3.66. The Morgan fingerprint density at radius 3 is 1.38 bits per heavy atom. The second-order valence-corrected chi connectivity index (χ2v) is 15.9. The average molecular weight is 840 g/mol. The summed E-state index contributed by atoms with van der Waals surface area (Å²) < 4.78 is 68.1. The molecule has 4 aromatic rings. The maximum absolute atomic E-state index is 14.4. The summed E-state index contributed by atoms with van der Waals surface area (Å²) in [5, 5.41) is 6.18. The minimum atomic E-state index is -1.17. The highest BCUT2D eigenvalue weighted by Crippen LogP contribution is 2.66. The van der Waals surface area contributed by atoms with Gasteiger partial charge in [-0.25, -0.2) is 28.7 Å². The number of carbonyl (C=O) groups excluding carboxylic acids is 2. The van der Waals surface area contributed by atoms with Gasteiger partial charge in [0, 0.05) is 35.4 Å². The lowest BCUT2D eigenvalue weighted by atomic mass is 9.75. The molecule has 4 aromatic heterocycles. The van der Waals surface area contributed by atoms with Crippen LogP contribution in [-0.4, -0.2) is 56.2 Å². The molecule has 6 aliphatic rings. The van der Waals surface area contributed by atoms with E-state index in [-0.39, 0.29) is 75.1 Å². The van der Waals surface area contributed by atoms with E-state index < -0.39 is 47.2 Å². The maximum atomic E-state index is 14.4. The lowest BCUT2D eigenvalue weighted by Gasteiger charge is -2.27. The average Bonchev–Trinajstić information content (AvgIpc) is 3.98. The molecule has 8 heterocycles. The molecule has 2 amide bonds. The van der Waals surface area contributed by atoms with Crippen LogP contribution in [0.4, 0.5) is 28.9 Å². The number of rotatable bonds is 6. The predicted octanol–water partition coefficient (Wildman–Crippen LogP) is 8.27. The Bertz CT molecular complexity index is 2070. The van der Waals surface area contributed by atoms with Gasteiger partial charge >= 0.3 is 0 Å².